The maximum Gasteiger partial charge on any atom is 0.329 e. The van der Waals surface area contributed by atoms with Crippen LogP contribution in [0.15, 0.2) is 62.7 Å². The number of aliphatic hydroxyl groups is 1. The van der Waals surface area contributed by atoms with Gasteiger partial charge >= 0.3 is 5.69 Å². The molecule has 0 saturated carbocycles. The number of hydrogen-bond donors (Lipinski definition) is 3. The van der Waals surface area contributed by atoms with Crippen molar-refractivity contribution in [2.24, 2.45) is 7.05 Å². The van der Waals surface area contributed by atoms with Crippen LogP contribution in [-0.4, -0.2) is 36.9 Å². The Labute approximate surface area is 170 Å². The number of aryl methyl sites for hydroxylation is 1. The van der Waals surface area contributed by atoms with Gasteiger partial charge in [0.2, 0.25) is 5.95 Å². The quantitative estimate of drug-likeness (QED) is 0.396. The summed E-state index contributed by atoms with van der Waals surface area (Å²) in [6.45, 7) is 0.370. The number of benzene rings is 1. The summed E-state index contributed by atoms with van der Waals surface area (Å²) in [5.74, 6) is 1.62. The smallest absolute Gasteiger partial charge is 0.329 e. The van der Waals surface area contributed by atoms with Crippen molar-refractivity contribution in [3.05, 3.63) is 75.3 Å². The fourth-order valence-corrected chi connectivity index (χ4v) is 3.10. The van der Waals surface area contributed by atoms with E-state index in [0.29, 0.717) is 24.0 Å². The fraction of sp³-hybridized carbons (Fsp3) is 0.250. The number of aromatic amines is 1. The van der Waals surface area contributed by atoms with Crippen molar-refractivity contribution in [3.8, 4) is 5.75 Å². The van der Waals surface area contributed by atoms with Gasteiger partial charge < -0.3 is 24.1 Å². The lowest BCUT2D eigenvalue weighted by molar-refractivity contribution is 0.0938. The first-order valence-electron chi connectivity index (χ1n) is 9.34. The molecule has 30 heavy (non-hydrogen) atoms. The molecule has 4 rings (SSSR count). The number of nitrogens with one attached hydrogen (secondary N) is 2. The van der Waals surface area contributed by atoms with Gasteiger partial charge in [-0.1, -0.05) is 18.2 Å². The number of imidazole rings is 1. The summed E-state index contributed by atoms with van der Waals surface area (Å²) in [5.41, 5.74) is -0.759. The summed E-state index contributed by atoms with van der Waals surface area (Å²) in [6.07, 6.45) is 0.627. The van der Waals surface area contributed by atoms with Crippen LogP contribution in [0.5, 0.6) is 5.75 Å². The molecule has 0 bridgehead atoms. The van der Waals surface area contributed by atoms with Crippen LogP contribution in [-0.2, 0) is 20.1 Å². The minimum atomic E-state index is -0.927. The number of fused-ring (bicyclic) bond motifs is 1. The fourth-order valence-electron chi connectivity index (χ4n) is 3.10. The maximum absolute atomic E-state index is 12.5. The molecule has 0 unspecified atom stereocenters. The molecule has 156 valence electrons. The van der Waals surface area contributed by atoms with Gasteiger partial charge in [0.05, 0.1) is 19.4 Å². The van der Waals surface area contributed by atoms with Crippen LogP contribution < -0.4 is 21.3 Å². The SMILES string of the molecule is Cn1c(=O)[nH]c(=O)c2c1nc(NCc1ccco1)n2C[C@H](O)COc1ccccc1. The first kappa shape index (κ1) is 19.5. The minimum absolute atomic E-state index is 0.0188. The number of nitrogens with zero attached hydrogens (tertiary/aromatic N) is 3. The molecule has 0 spiro atoms. The molecule has 3 N–H and O–H groups in total. The molecule has 4 aromatic rings. The van der Waals surface area contributed by atoms with Gasteiger partial charge in [0.25, 0.3) is 5.56 Å². The van der Waals surface area contributed by atoms with Crippen molar-refractivity contribution in [1.82, 2.24) is 19.1 Å². The molecule has 10 heteroatoms. The number of ether oxygens (including phenoxy) is 1. The summed E-state index contributed by atoms with van der Waals surface area (Å²) in [5, 5.41) is 13.6. The van der Waals surface area contributed by atoms with Gasteiger partial charge in [0.15, 0.2) is 11.2 Å². The average molecular weight is 411 g/mol. The van der Waals surface area contributed by atoms with Crippen LogP contribution >= 0.6 is 0 Å². The second kappa shape index (κ2) is 8.29. The van der Waals surface area contributed by atoms with Crippen molar-refractivity contribution in [2.45, 2.75) is 19.2 Å². The number of aromatic nitrogens is 4. The van der Waals surface area contributed by atoms with Crippen LogP contribution in [0.2, 0.25) is 0 Å². The Balaban J connectivity index is 1.63. The van der Waals surface area contributed by atoms with E-state index in [4.69, 9.17) is 9.15 Å². The van der Waals surface area contributed by atoms with Crippen molar-refractivity contribution in [1.29, 1.82) is 0 Å². The Hall–Kier alpha value is -3.79. The van der Waals surface area contributed by atoms with Crippen molar-refractivity contribution < 1.29 is 14.3 Å². The molecule has 1 atom stereocenters. The number of aliphatic hydroxyl groups excluding tert-OH is 1. The number of rotatable bonds is 8. The molecule has 1 aromatic carbocycles. The zero-order valence-electron chi connectivity index (χ0n) is 16.2. The van der Waals surface area contributed by atoms with Crippen molar-refractivity contribution >= 4 is 17.1 Å². The molecular formula is C20H21N5O5. The zero-order chi connectivity index (χ0) is 21.1. The highest BCUT2D eigenvalue weighted by Crippen LogP contribution is 2.18. The van der Waals surface area contributed by atoms with E-state index in [1.54, 1.807) is 30.5 Å². The summed E-state index contributed by atoms with van der Waals surface area (Å²) < 4.78 is 13.7. The molecule has 3 aromatic heterocycles. The minimum Gasteiger partial charge on any atom is -0.491 e. The summed E-state index contributed by atoms with van der Waals surface area (Å²) in [6, 6.07) is 12.7. The van der Waals surface area contributed by atoms with E-state index in [-0.39, 0.29) is 24.3 Å². The predicted octanol–water partition coefficient (Wildman–Crippen LogP) is 1.07. The highest BCUT2D eigenvalue weighted by atomic mass is 16.5. The molecule has 0 amide bonds. The highest BCUT2D eigenvalue weighted by molar-refractivity contribution is 5.74. The molecular weight excluding hydrogens is 390 g/mol. The van der Waals surface area contributed by atoms with Gasteiger partial charge in [0.1, 0.15) is 24.2 Å². The first-order chi connectivity index (χ1) is 14.5. The molecule has 10 nitrogen and oxygen atoms in total. The number of furan rings is 1. The standard InChI is InChI=1S/C20H21N5O5/c1-24-17-16(18(27)23-20(24)28)25(19(22-17)21-10-15-8-5-9-29-15)11-13(26)12-30-14-6-3-2-4-7-14/h2-9,13,26H,10-12H2,1H3,(H,21,22)(H,23,27,28)/t13-/m0/s1. The van der Waals surface area contributed by atoms with Crippen LogP contribution in [0, 0.1) is 0 Å². The third-order valence-electron chi connectivity index (χ3n) is 4.59. The number of H-pyrrole nitrogens is 1. The second-order valence-corrected chi connectivity index (χ2v) is 6.75. The lowest BCUT2D eigenvalue weighted by Crippen LogP contribution is -2.30. The van der Waals surface area contributed by atoms with E-state index < -0.39 is 17.4 Å². The van der Waals surface area contributed by atoms with Crippen LogP contribution in [0.3, 0.4) is 0 Å². The third-order valence-corrected chi connectivity index (χ3v) is 4.59. The van der Waals surface area contributed by atoms with E-state index in [1.165, 1.54) is 16.2 Å². The Morgan fingerprint density at radius 1 is 1.23 bits per heavy atom. The van der Waals surface area contributed by atoms with E-state index in [2.05, 4.69) is 15.3 Å². The second-order valence-electron chi connectivity index (χ2n) is 6.75. The van der Waals surface area contributed by atoms with Crippen molar-refractivity contribution in [2.75, 3.05) is 11.9 Å². The van der Waals surface area contributed by atoms with Gasteiger partial charge in [-0.3, -0.25) is 14.3 Å². The molecule has 3 heterocycles. The van der Waals surface area contributed by atoms with Gasteiger partial charge in [-0.2, -0.15) is 4.98 Å². The summed E-state index contributed by atoms with van der Waals surface area (Å²) in [4.78, 5) is 31.1. The Morgan fingerprint density at radius 3 is 2.77 bits per heavy atom. The lowest BCUT2D eigenvalue weighted by atomic mass is 10.3. The van der Waals surface area contributed by atoms with Crippen LogP contribution in [0.25, 0.3) is 11.2 Å². The highest BCUT2D eigenvalue weighted by Gasteiger charge is 2.20. The topological polar surface area (TPSA) is 127 Å². The largest absolute Gasteiger partial charge is 0.491 e. The van der Waals surface area contributed by atoms with E-state index >= 15 is 0 Å². The Morgan fingerprint density at radius 2 is 2.03 bits per heavy atom. The van der Waals surface area contributed by atoms with Gasteiger partial charge in [0, 0.05) is 7.05 Å². The lowest BCUT2D eigenvalue weighted by Gasteiger charge is -2.15. The predicted molar refractivity (Wildman–Crippen MR) is 110 cm³/mol. The van der Waals surface area contributed by atoms with E-state index in [9.17, 15) is 14.7 Å². The van der Waals surface area contributed by atoms with Crippen molar-refractivity contribution in [3.63, 3.8) is 0 Å². The first-order valence-corrected chi connectivity index (χ1v) is 9.34. The van der Waals surface area contributed by atoms with Gasteiger partial charge in [-0.05, 0) is 24.3 Å². The van der Waals surface area contributed by atoms with Crippen LogP contribution in [0.1, 0.15) is 5.76 Å². The molecule has 0 aliphatic heterocycles. The summed E-state index contributed by atoms with van der Waals surface area (Å²) in [7, 11) is 1.52. The Bertz CT molecular complexity index is 1240. The molecule has 0 radical (unpaired) electrons. The van der Waals surface area contributed by atoms with E-state index in [0.717, 1.165) is 0 Å². The zero-order valence-corrected chi connectivity index (χ0v) is 16.2. The number of anilines is 1. The Kier molecular flexibility index (Phi) is 5.40. The average Bonchev–Trinajstić information content (AvgIpc) is 3.38. The van der Waals surface area contributed by atoms with Gasteiger partial charge in [-0.25, -0.2) is 4.79 Å². The summed E-state index contributed by atoms with van der Waals surface area (Å²) >= 11 is 0. The number of hydrogen-bond acceptors (Lipinski definition) is 7. The molecule has 0 aliphatic rings. The van der Waals surface area contributed by atoms with Crippen LogP contribution in [0.4, 0.5) is 5.95 Å². The third kappa shape index (κ3) is 3.98. The monoisotopic (exact) mass is 411 g/mol. The normalized spacial score (nSPS) is 12.2. The maximum atomic E-state index is 12.5. The molecule has 0 saturated heterocycles. The number of para-hydroxylation sites is 1. The molecule has 0 aliphatic carbocycles. The molecule has 0 fully saturated rings. The van der Waals surface area contributed by atoms with Gasteiger partial charge in [-0.15, -0.1) is 0 Å². The van der Waals surface area contributed by atoms with E-state index in [1.807, 2.05) is 18.2 Å².